The van der Waals surface area contributed by atoms with Crippen molar-refractivity contribution in [2.24, 2.45) is 5.92 Å². The lowest BCUT2D eigenvalue weighted by Crippen LogP contribution is -2.06. The second kappa shape index (κ2) is 6.78. The maximum absolute atomic E-state index is 11.3. The number of aliphatic hydroxyl groups excluding tert-OH is 1. The Kier molecular flexibility index (Phi) is 5.62. The van der Waals surface area contributed by atoms with Gasteiger partial charge in [0, 0.05) is 12.3 Å². The van der Waals surface area contributed by atoms with Crippen LogP contribution in [-0.2, 0) is 4.79 Å². The van der Waals surface area contributed by atoms with Gasteiger partial charge in [0.2, 0.25) is 0 Å². The maximum atomic E-state index is 11.3. The molecule has 0 heterocycles. The summed E-state index contributed by atoms with van der Waals surface area (Å²) in [7, 11) is 0. The van der Waals surface area contributed by atoms with E-state index in [4.69, 9.17) is 0 Å². The molecule has 0 aromatic heterocycles. The molecule has 0 bridgehead atoms. The van der Waals surface area contributed by atoms with Gasteiger partial charge in [0.05, 0.1) is 6.10 Å². The van der Waals surface area contributed by atoms with Crippen LogP contribution in [0.25, 0.3) is 0 Å². The van der Waals surface area contributed by atoms with Crippen LogP contribution in [0.1, 0.15) is 51.9 Å². The van der Waals surface area contributed by atoms with Gasteiger partial charge in [-0.1, -0.05) is 38.3 Å². The van der Waals surface area contributed by atoms with E-state index >= 15 is 0 Å². The van der Waals surface area contributed by atoms with Crippen molar-refractivity contribution >= 4 is 5.78 Å². The fourth-order valence-electron chi connectivity index (χ4n) is 2.01. The molecule has 0 aromatic rings. The number of unbranched alkanes of at least 4 members (excludes halogenated alkanes) is 2. The first-order chi connectivity index (χ1) is 7.24. The van der Waals surface area contributed by atoms with Crippen molar-refractivity contribution in [2.45, 2.75) is 58.0 Å². The number of ketones is 1. The largest absolute Gasteiger partial charge is 0.389 e. The molecule has 1 rings (SSSR count). The normalized spacial score (nSPS) is 23.9. The summed E-state index contributed by atoms with van der Waals surface area (Å²) in [5.41, 5.74) is 0. The summed E-state index contributed by atoms with van der Waals surface area (Å²) in [5.74, 6) is 0.429. The molecule has 0 radical (unpaired) electrons. The van der Waals surface area contributed by atoms with Gasteiger partial charge >= 0.3 is 0 Å². The van der Waals surface area contributed by atoms with Gasteiger partial charge < -0.3 is 5.11 Å². The van der Waals surface area contributed by atoms with Crippen molar-refractivity contribution in [3.63, 3.8) is 0 Å². The molecule has 1 aliphatic rings. The molecule has 2 nitrogen and oxygen atoms in total. The van der Waals surface area contributed by atoms with Crippen molar-refractivity contribution < 1.29 is 9.90 Å². The van der Waals surface area contributed by atoms with Crippen LogP contribution in [0, 0.1) is 5.92 Å². The summed E-state index contributed by atoms with van der Waals surface area (Å²) in [5, 5.41) is 9.62. The van der Waals surface area contributed by atoms with E-state index in [2.05, 4.69) is 6.92 Å². The molecule has 2 heteroatoms. The summed E-state index contributed by atoms with van der Waals surface area (Å²) in [6.45, 7) is 2.15. The molecule has 0 aliphatic heterocycles. The number of rotatable bonds is 6. The van der Waals surface area contributed by atoms with Crippen molar-refractivity contribution in [3.8, 4) is 0 Å². The minimum absolute atomic E-state index is 0.0887. The van der Waals surface area contributed by atoms with E-state index in [1.54, 1.807) is 0 Å². The Hall–Kier alpha value is -0.630. The van der Waals surface area contributed by atoms with Crippen molar-refractivity contribution in [2.75, 3.05) is 0 Å². The first-order valence-corrected chi connectivity index (χ1v) is 6.13. The Balaban J connectivity index is 2.21. The highest BCUT2D eigenvalue weighted by atomic mass is 16.3. The lowest BCUT2D eigenvalue weighted by atomic mass is 10.0. The number of Topliss-reactive ketones (excluding diaryl/α,β-unsaturated/α-hetero) is 1. The number of carbonyl (C=O) groups excluding carboxylic acids is 1. The zero-order valence-electron chi connectivity index (χ0n) is 9.61. The second-order valence-corrected chi connectivity index (χ2v) is 4.41. The first-order valence-electron chi connectivity index (χ1n) is 6.13. The van der Waals surface area contributed by atoms with Crippen LogP contribution < -0.4 is 0 Å². The fourth-order valence-corrected chi connectivity index (χ4v) is 2.01. The maximum Gasteiger partial charge on any atom is 0.139 e. The lowest BCUT2D eigenvalue weighted by Gasteiger charge is -2.05. The second-order valence-electron chi connectivity index (χ2n) is 4.41. The van der Waals surface area contributed by atoms with Crippen molar-refractivity contribution in [3.05, 3.63) is 12.2 Å². The summed E-state index contributed by atoms with van der Waals surface area (Å²) in [6, 6.07) is 0. The molecule has 0 aromatic carbocycles. The van der Waals surface area contributed by atoms with Gasteiger partial charge in [-0.15, -0.1) is 0 Å². The Morgan fingerprint density at radius 2 is 2.33 bits per heavy atom. The van der Waals surface area contributed by atoms with Crippen LogP contribution in [0.3, 0.4) is 0 Å². The number of hydrogen-bond donors (Lipinski definition) is 1. The van der Waals surface area contributed by atoms with Gasteiger partial charge in [-0.2, -0.15) is 0 Å². The van der Waals surface area contributed by atoms with E-state index in [1.807, 2.05) is 12.2 Å². The third-order valence-electron chi connectivity index (χ3n) is 3.02. The van der Waals surface area contributed by atoms with Crippen LogP contribution in [0.2, 0.25) is 0 Å². The molecular weight excluding hydrogens is 188 g/mol. The average Bonchev–Trinajstić information content (AvgIpc) is 2.61. The van der Waals surface area contributed by atoms with E-state index in [1.165, 1.54) is 12.8 Å². The van der Waals surface area contributed by atoms with E-state index in [9.17, 15) is 9.90 Å². The van der Waals surface area contributed by atoms with Gasteiger partial charge in [-0.25, -0.2) is 0 Å². The Morgan fingerprint density at radius 1 is 1.53 bits per heavy atom. The van der Waals surface area contributed by atoms with Gasteiger partial charge in [-0.3, -0.25) is 4.79 Å². The molecular formula is C13H22O2. The SMILES string of the molecule is CCCCCC(O)C=CC1CCCC1=O. The monoisotopic (exact) mass is 210 g/mol. The van der Waals surface area contributed by atoms with Crippen LogP contribution >= 0.6 is 0 Å². The van der Waals surface area contributed by atoms with Gasteiger partial charge in [0.15, 0.2) is 0 Å². The molecule has 1 N–H and O–H groups in total. The molecule has 1 fully saturated rings. The van der Waals surface area contributed by atoms with E-state index in [0.717, 1.165) is 32.1 Å². The zero-order chi connectivity index (χ0) is 11.1. The molecule has 1 aliphatic carbocycles. The van der Waals surface area contributed by atoms with Crippen LogP contribution in [0.15, 0.2) is 12.2 Å². The molecule has 1 saturated carbocycles. The summed E-state index contributed by atoms with van der Waals surface area (Å²) in [4.78, 5) is 11.3. The van der Waals surface area contributed by atoms with Crippen LogP contribution in [0.5, 0.6) is 0 Å². The molecule has 0 amide bonds. The van der Waals surface area contributed by atoms with Gasteiger partial charge in [-0.05, 0) is 19.3 Å². The van der Waals surface area contributed by atoms with Gasteiger partial charge in [0.25, 0.3) is 0 Å². The van der Waals surface area contributed by atoms with E-state index in [-0.39, 0.29) is 12.0 Å². The smallest absolute Gasteiger partial charge is 0.139 e. The molecule has 2 unspecified atom stereocenters. The standard InChI is InChI=1S/C13H22O2/c1-2-3-4-7-12(14)10-9-11-6-5-8-13(11)15/h9-12,14H,2-8H2,1H3. The Labute approximate surface area is 92.4 Å². The van der Waals surface area contributed by atoms with E-state index < -0.39 is 0 Å². The Bertz CT molecular complexity index is 221. The predicted molar refractivity (Wildman–Crippen MR) is 61.6 cm³/mol. The lowest BCUT2D eigenvalue weighted by molar-refractivity contribution is -0.119. The van der Waals surface area contributed by atoms with Crippen molar-refractivity contribution in [1.82, 2.24) is 0 Å². The quantitative estimate of drug-likeness (QED) is 0.540. The third kappa shape index (κ3) is 4.61. The molecule has 15 heavy (non-hydrogen) atoms. The number of carbonyl (C=O) groups is 1. The van der Waals surface area contributed by atoms with E-state index in [0.29, 0.717) is 5.78 Å². The van der Waals surface area contributed by atoms with Crippen molar-refractivity contribution in [1.29, 1.82) is 0 Å². The number of hydrogen-bond acceptors (Lipinski definition) is 2. The summed E-state index contributed by atoms with van der Waals surface area (Å²) in [6.07, 6.45) is 10.3. The van der Waals surface area contributed by atoms with Crippen LogP contribution in [0.4, 0.5) is 0 Å². The topological polar surface area (TPSA) is 37.3 Å². The molecule has 2 atom stereocenters. The number of aliphatic hydroxyl groups is 1. The average molecular weight is 210 g/mol. The minimum Gasteiger partial charge on any atom is -0.389 e. The summed E-state index contributed by atoms with van der Waals surface area (Å²) < 4.78 is 0. The predicted octanol–water partition coefficient (Wildman–Crippen LogP) is 2.85. The molecule has 0 saturated heterocycles. The van der Waals surface area contributed by atoms with Gasteiger partial charge in [0.1, 0.15) is 5.78 Å². The highest BCUT2D eigenvalue weighted by Crippen LogP contribution is 2.22. The highest BCUT2D eigenvalue weighted by Gasteiger charge is 2.21. The number of allylic oxidation sites excluding steroid dienone is 1. The highest BCUT2D eigenvalue weighted by molar-refractivity contribution is 5.84. The molecule has 86 valence electrons. The summed E-state index contributed by atoms with van der Waals surface area (Å²) >= 11 is 0. The zero-order valence-corrected chi connectivity index (χ0v) is 9.61. The Morgan fingerprint density at radius 3 is 2.93 bits per heavy atom. The fraction of sp³-hybridized carbons (Fsp3) is 0.769. The first kappa shape index (κ1) is 12.4. The van der Waals surface area contributed by atoms with Crippen LogP contribution in [-0.4, -0.2) is 17.0 Å². The molecule has 0 spiro atoms. The third-order valence-corrected chi connectivity index (χ3v) is 3.02. The minimum atomic E-state index is -0.357.